The number of carbonyl (C=O) groups excluding carboxylic acids is 1. The molecule has 0 aromatic heterocycles. The van der Waals surface area contributed by atoms with Crippen LogP contribution in [0, 0.1) is 23.7 Å². The average molecular weight is 392 g/mol. The third-order valence-electron chi connectivity index (χ3n) is 8.01. The molecule has 0 aromatic rings. The van der Waals surface area contributed by atoms with Crippen LogP contribution >= 0.6 is 0 Å². The van der Waals surface area contributed by atoms with Gasteiger partial charge in [-0.05, 0) is 94.7 Å². The Hall–Kier alpha value is -0.770. The van der Waals surface area contributed by atoms with Gasteiger partial charge in [-0.3, -0.25) is 0 Å². The topological polar surface area (TPSA) is 26.8 Å². The van der Waals surface area contributed by atoms with Crippen LogP contribution in [0.15, 0.2) is 0 Å². The van der Waals surface area contributed by atoms with Gasteiger partial charge in [-0.15, -0.1) is 0 Å². The Bertz CT molecular complexity index is 456. The number of hydrogen-bond donors (Lipinski definition) is 0. The maximum Gasteiger partial charge on any atom is 0.319 e. The molecule has 0 spiro atoms. The highest BCUT2D eigenvalue weighted by atomic mass is 16.2. The molecule has 28 heavy (non-hydrogen) atoms. The Labute approximate surface area is 174 Å². The third kappa shape index (κ3) is 6.11. The zero-order chi connectivity index (χ0) is 19.9. The SMILES string of the molecule is CCC1CCN(CCCC2CCN(C(=O)N3CCC(C(C)C)CC3)CC2)CC1. The van der Waals surface area contributed by atoms with Crippen molar-refractivity contribution in [3.05, 3.63) is 0 Å². The van der Waals surface area contributed by atoms with Crippen LogP contribution in [-0.2, 0) is 0 Å². The molecule has 0 atom stereocenters. The molecule has 3 aliphatic rings. The van der Waals surface area contributed by atoms with Gasteiger partial charge in [0.15, 0.2) is 0 Å². The van der Waals surface area contributed by atoms with Gasteiger partial charge in [-0.2, -0.15) is 0 Å². The predicted molar refractivity (Wildman–Crippen MR) is 118 cm³/mol. The molecule has 0 unspecified atom stereocenters. The van der Waals surface area contributed by atoms with Gasteiger partial charge in [0.05, 0.1) is 0 Å². The number of piperidine rings is 3. The monoisotopic (exact) mass is 391 g/mol. The molecule has 0 N–H and O–H groups in total. The molecule has 0 bridgehead atoms. The Balaban J connectivity index is 1.29. The highest BCUT2D eigenvalue weighted by Gasteiger charge is 2.29. The zero-order valence-corrected chi connectivity index (χ0v) is 18.9. The summed E-state index contributed by atoms with van der Waals surface area (Å²) in [6, 6.07) is 0.319. The first-order chi connectivity index (χ1) is 13.6. The lowest BCUT2D eigenvalue weighted by atomic mass is 9.87. The second-order valence-corrected chi connectivity index (χ2v) is 10.1. The first kappa shape index (κ1) is 21.9. The summed E-state index contributed by atoms with van der Waals surface area (Å²) in [6.07, 6.45) is 11.7. The molecule has 3 aliphatic heterocycles. The number of carbonyl (C=O) groups is 1. The molecule has 3 saturated heterocycles. The standard InChI is InChI=1S/C24H45N3O/c1-4-21-7-14-25(15-8-21)13-5-6-22-9-16-26(17-10-22)24(28)27-18-11-23(12-19-27)20(2)3/h20-23H,4-19H2,1-3H3. The maximum atomic E-state index is 12.9. The Kier molecular flexibility index (Phi) is 8.50. The summed E-state index contributed by atoms with van der Waals surface area (Å²) in [5.41, 5.74) is 0. The van der Waals surface area contributed by atoms with Crippen molar-refractivity contribution >= 4 is 6.03 Å². The van der Waals surface area contributed by atoms with Crippen LogP contribution in [0.4, 0.5) is 4.79 Å². The van der Waals surface area contributed by atoms with Crippen LogP contribution in [0.25, 0.3) is 0 Å². The summed E-state index contributed by atoms with van der Waals surface area (Å²) in [5, 5.41) is 0. The molecule has 3 heterocycles. The number of urea groups is 1. The molecule has 2 amide bonds. The highest BCUT2D eigenvalue weighted by molar-refractivity contribution is 5.74. The zero-order valence-electron chi connectivity index (χ0n) is 18.9. The number of hydrogen-bond acceptors (Lipinski definition) is 2. The van der Waals surface area contributed by atoms with Crippen LogP contribution in [0.5, 0.6) is 0 Å². The van der Waals surface area contributed by atoms with Gasteiger partial charge >= 0.3 is 6.03 Å². The van der Waals surface area contributed by atoms with Crippen molar-refractivity contribution in [3.8, 4) is 0 Å². The van der Waals surface area contributed by atoms with Crippen molar-refractivity contribution in [2.75, 3.05) is 45.8 Å². The van der Waals surface area contributed by atoms with Gasteiger partial charge in [0, 0.05) is 26.2 Å². The number of amides is 2. The minimum Gasteiger partial charge on any atom is -0.325 e. The quantitative estimate of drug-likeness (QED) is 0.630. The van der Waals surface area contributed by atoms with Crippen molar-refractivity contribution in [1.82, 2.24) is 14.7 Å². The van der Waals surface area contributed by atoms with Crippen LogP contribution in [0.3, 0.4) is 0 Å². The van der Waals surface area contributed by atoms with Crippen molar-refractivity contribution in [2.45, 2.75) is 78.6 Å². The highest BCUT2D eigenvalue weighted by Crippen LogP contribution is 2.27. The van der Waals surface area contributed by atoms with E-state index >= 15 is 0 Å². The summed E-state index contributed by atoms with van der Waals surface area (Å²) in [5.74, 6) is 3.38. The van der Waals surface area contributed by atoms with Gasteiger partial charge in [0.1, 0.15) is 0 Å². The van der Waals surface area contributed by atoms with E-state index in [1.54, 1.807) is 0 Å². The normalized spacial score (nSPS) is 24.3. The van der Waals surface area contributed by atoms with Crippen molar-refractivity contribution < 1.29 is 4.79 Å². The van der Waals surface area contributed by atoms with Gasteiger partial charge in [0.25, 0.3) is 0 Å². The summed E-state index contributed by atoms with van der Waals surface area (Å²) < 4.78 is 0. The Morgan fingerprint density at radius 2 is 1.36 bits per heavy atom. The molecule has 0 saturated carbocycles. The largest absolute Gasteiger partial charge is 0.325 e. The van der Waals surface area contributed by atoms with Gasteiger partial charge in [0.2, 0.25) is 0 Å². The Morgan fingerprint density at radius 1 is 0.821 bits per heavy atom. The van der Waals surface area contributed by atoms with Crippen LogP contribution in [0.1, 0.15) is 78.6 Å². The Morgan fingerprint density at radius 3 is 1.89 bits per heavy atom. The van der Waals surface area contributed by atoms with Gasteiger partial charge in [-0.1, -0.05) is 27.2 Å². The fraction of sp³-hybridized carbons (Fsp3) is 0.958. The first-order valence-electron chi connectivity index (χ1n) is 12.3. The fourth-order valence-electron chi connectivity index (χ4n) is 5.59. The first-order valence-corrected chi connectivity index (χ1v) is 12.3. The van der Waals surface area contributed by atoms with Gasteiger partial charge < -0.3 is 14.7 Å². The second-order valence-electron chi connectivity index (χ2n) is 10.1. The van der Waals surface area contributed by atoms with E-state index in [9.17, 15) is 4.79 Å². The van der Waals surface area contributed by atoms with E-state index in [0.29, 0.717) is 6.03 Å². The van der Waals surface area contributed by atoms with E-state index in [0.717, 1.165) is 49.9 Å². The van der Waals surface area contributed by atoms with Crippen LogP contribution in [-0.4, -0.2) is 66.5 Å². The predicted octanol–water partition coefficient (Wildman–Crippen LogP) is 5.09. The van der Waals surface area contributed by atoms with E-state index in [1.807, 2.05) is 0 Å². The number of likely N-dealkylation sites (tertiary alicyclic amines) is 3. The molecule has 4 heteroatoms. The molecule has 3 rings (SSSR count). The van der Waals surface area contributed by atoms with E-state index in [1.165, 1.54) is 77.4 Å². The van der Waals surface area contributed by atoms with Crippen molar-refractivity contribution in [1.29, 1.82) is 0 Å². The van der Waals surface area contributed by atoms with E-state index in [2.05, 4.69) is 35.5 Å². The lowest BCUT2D eigenvalue weighted by Gasteiger charge is -2.39. The molecular formula is C24H45N3O. The van der Waals surface area contributed by atoms with Crippen molar-refractivity contribution in [3.63, 3.8) is 0 Å². The number of nitrogens with zero attached hydrogens (tertiary/aromatic N) is 3. The molecule has 0 radical (unpaired) electrons. The van der Waals surface area contributed by atoms with E-state index in [-0.39, 0.29) is 0 Å². The summed E-state index contributed by atoms with van der Waals surface area (Å²) in [6.45, 7) is 14.8. The lowest BCUT2D eigenvalue weighted by Crippen LogP contribution is -2.49. The lowest BCUT2D eigenvalue weighted by molar-refractivity contribution is 0.107. The molecule has 0 aliphatic carbocycles. The third-order valence-corrected chi connectivity index (χ3v) is 8.01. The molecular weight excluding hydrogens is 346 g/mol. The summed E-state index contributed by atoms with van der Waals surface area (Å²) in [4.78, 5) is 19.8. The van der Waals surface area contributed by atoms with Gasteiger partial charge in [-0.25, -0.2) is 4.79 Å². The number of rotatable bonds is 6. The van der Waals surface area contributed by atoms with E-state index < -0.39 is 0 Å². The minimum absolute atomic E-state index is 0.319. The molecule has 162 valence electrons. The van der Waals surface area contributed by atoms with Crippen LogP contribution < -0.4 is 0 Å². The fourth-order valence-corrected chi connectivity index (χ4v) is 5.59. The maximum absolute atomic E-state index is 12.9. The molecule has 4 nitrogen and oxygen atoms in total. The average Bonchev–Trinajstić information content (AvgIpc) is 2.74. The summed E-state index contributed by atoms with van der Waals surface area (Å²) in [7, 11) is 0. The smallest absolute Gasteiger partial charge is 0.319 e. The second kappa shape index (κ2) is 10.8. The molecule has 3 fully saturated rings. The minimum atomic E-state index is 0.319. The van der Waals surface area contributed by atoms with Crippen molar-refractivity contribution in [2.24, 2.45) is 23.7 Å². The summed E-state index contributed by atoms with van der Waals surface area (Å²) >= 11 is 0. The molecule has 0 aromatic carbocycles. The van der Waals surface area contributed by atoms with E-state index in [4.69, 9.17) is 0 Å². The van der Waals surface area contributed by atoms with Crippen LogP contribution in [0.2, 0.25) is 0 Å².